The highest BCUT2D eigenvalue weighted by molar-refractivity contribution is 7.99. The Bertz CT molecular complexity index is 609. The molecule has 0 aromatic heterocycles. The van der Waals surface area contributed by atoms with Gasteiger partial charge in [-0.25, -0.2) is 0 Å². The van der Waals surface area contributed by atoms with Crippen LogP contribution in [0, 0.1) is 0 Å². The van der Waals surface area contributed by atoms with Crippen molar-refractivity contribution in [1.29, 1.82) is 0 Å². The summed E-state index contributed by atoms with van der Waals surface area (Å²) < 4.78 is 0. The number of carbonyl (C=O) groups excluding carboxylic acids is 1. The molecule has 90 valence electrons. The Morgan fingerprint density at radius 1 is 1.11 bits per heavy atom. The third kappa shape index (κ3) is 1.81. The predicted octanol–water partition coefficient (Wildman–Crippen LogP) is 3.66. The maximum absolute atomic E-state index is 10.6. The molecule has 0 unspecified atom stereocenters. The minimum Gasteiger partial charge on any atom is -0.343 e. The van der Waals surface area contributed by atoms with Gasteiger partial charge in [0.1, 0.15) is 6.29 Å². The Morgan fingerprint density at radius 2 is 1.89 bits per heavy atom. The van der Waals surface area contributed by atoms with Crippen LogP contribution in [0.5, 0.6) is 0 Å². The van der Waals surface area contributed by atoms with Gasteiger partial charge in [-0.05, 0) is 29.8 Å². The van der Waals surface area contributed by atoms with Crippen LogP contribution in [0.4, 0.5) is 11.4 Å². The summed E-state index contributed by atoms with van der Waals surface area (Å²) >= 11 is 1.78. The number of anilines is 2. The standard InChI is InChI=1S/C15H13NOS/c1-16-12-4-2-3-5-14(12)18-15-7-6-11(8-9-17)10-13(15)16/h2-7,9-10H,8H2,1H3. The summed E-state index contributed by atoms with van der Waals surface area (Å²) in [5.74, 6) is 0. The van der Waals surface area contributed by atoms with E-state index in [0.29, 0.717) is 6.42 Å². The topological polar surface area (TPSA) is 20.3 Å². The maximum atomic E-state index is 10.6. The van der Waals surface area contributed by atoms with Gasteiger partial charge in [0.25, 0.3) is 0 Å². The monoisotopic (exact) mass is 255 g/mol. The minimum absolute atomic E-state index is 0.480. The molecule has 3 rings (SSSR count). The number of hydrogen-bond acceptors (Lipinski definition) is 3. The predicted molar refractivity (Wildman–Crippen MR) is 74.8 cm³/mol. The fourth-order valence-corrected chi connectivity index (χ4v) is 3.33. The largest absolute Gasteiger partial charge is 0.343 e. The van der Waals surface area contributed by atoms with E-state index < -0.39 is 0 Å². The maximum Gasteiger partial charge on any atom is 0.124 e. The molecular weight excluding hydrogens is 242 g/mol. The quantitative estimate of drug-likeness (QED) is 0.764. The summed E-state index contributed by atoms with van der Waals surface area (Å²) in [5, 5.41) is 0. The molecule has 18 heavy (non-hydrogen) atoms. The fraction of sp³-hybridized carbons (Fsp3) is 0.133. The van der Waals surface area contributed by atoms with Gasteiger partial charge in [-0.2, -0.15) is 0 Å². The second kappa shape index (κ2) is 4.50. The van der Waals surface area contributed by atoms with Crippen molar-refractivity contribution in [3.05, 3.63) is 48.0 Å². The SMILES string of the molecule is CN1c2ccccc2Sc2ccc(CC=O)cc21. The number of rotatable bonds is 2. The molecule has 1 aliphatic heterocycles. The molecule has 0 bridgehead atoms. The average Bonchev–Trinajstić information content (AvgIpc) is 2.40. The molecule has 0 spiro atoms. The van der Waals surface area contributed by atoms with E-state index in [1.165, 1.54) is 21.2 Å². The smallest absolute Gasteiger partial charge is 0.124 e. The van der Waals surface area contributed by atoms with Crippen LogP contribution in [0.3, 0.4) is 0 Å². The number of hydrogen-bond donors (Lipinski definition) is 0. The molecule has 0 saturated heterocycles. The molecule has 0 atom stereocenters. The van der Waals surface area contributed by atoms with Crippen molar-refractivity contribution < 1.29 is 4.79 Å². The van der Waals surface area contributed by atoms with Crippen LogP contribution >= 0.6 is 11.8 Å². The second-order valence-corrected chi connectivity index (χ2v) is 5.39. The van der Waals surface area contributed by atoms with Crippen LogP contribution < -0.4 is 4.90 Å². The van der Waals surface area contributed by atoms with Gasteiger partial charge >= 0.3 is 0 Å². The van der Waals surface area contributed by atoms with Crippen molar-refractivity contribution in [1.82, 2.24) is 0 Å². The zero-order valence-corrected chi connectivity index (χ0v) is 10.9. The van der Waals surface area contributed by atoms with E-state index in [-0.39, 0.29) is 0 Å². The Balaban J connectivity index is 2.08. The van der Waals surface area contributed by atoms with E-state index in [1.807, 2.05) is 6.07 Å². The summed E-state index contributed by atoms with van der Waals surface area (Å²) in [6.07, 6.45) is 1.43. The Kier molecular flexibility index (Phi) is 2.84. The van der Waals surface area contributed by atoms with Crippen molar-refractivity contribution in [2.45, 2.75) is 16.2 Å². The molecule has 0 fully saturated rings. The van der Waals surface area contributed by atoms with Crippen molar-refractivity contribution in [2.24, 2.45) is 0 Å². The Labute approximate surface area is 111 Å². The van der Waals surface area contributed by atoms with Gasteiger partial charge in [0.05, 0.1) is 11.4 Å². The minimum atomic E-state index is 0.480. The normalized spacial score (nSPS) is 12.8. The fourth-order valence-electron chi connectivity index (χ4n) is 2.20. The lowest BCUT2D eigenvalue weighted by molar-refractivity contribution is -0.107. The van der Waals surface area contributed by atoms with Crippen molar-refractivity contribution in [2.75, 3.05) is 11.9 Å². The Hall–Kier alpha value is -1.74. The summed E-state index contributed by atoms with van der Waals surface area (Å²) in [4.78, 5) is 15.3. The highest BCUT2D eigenvalue weighted by Crippen LogP contribution is 2.47. The first-order valence-corrected chi connectivity index (χ1v) is 6.68. The van der Waals surface area contributed by atoms with Gasteiger partial charge < -0.3 is 9.69 Å². The number of benzene rings is 2. The first-order valence-electron chi connectivity index (χ1n) is 5.87. The number of nitrogens with zero attached hydrogens (tertiary/aromatic N) is 1. The van der Waals surface area contributed by atoms with Crippen molar-refractivity contribution in [3.63, 3.8) is 0 Å². The van der Waals surface area contributed by atoms with E-state index in [0.717, 1.165) is 11.8 Å². The van der Waals surface area contributed by atoms with Gasteiger partial charge in [-0.3, -0.25) is 0 Å². The molecule has 0 N–H and O–H groups in total. The molecule has 2 nitrogen and oxygen atoms in total. The molecule has 1 heterocycles. The molecule has 1 aliphatic rings. The van der Waals surface area contributed by atoms with Gasteiger partial charge in [-0.1, -0.05) is 30.0 Å². The van der Waals surface area contributed by atoms with E-state index in [9.17, 15) is 4.79 Å². The van der Waals surface area contributed by atoms with E-state index >= 15 is 0 Å². The third-order valence-corrected chi connectivity index (χ3v) is 4.28. The molecule has 2 aromatic rings. The van der Waals surface area contributed by atoms with Crippen LogP contribution in [0.15, 0.2) is 52.3 Å². The highest BCUT2D eigenvalue weighted by Gasteiger charge is 2.20. The van der Waals surface area contributed by atoms with Gasteiger partial charge in [0.2, 0.25) is 0 Å². The van der Waals surface area contributed by atoms with Crippen LogP contribution in [0.1, 0.15) is 5.56 Å². The number of aldehydes is 1. The first kappa shape index (κ1) is 11.4. The summed E-state index contributed by atoms with van der Waals surface area (Å²) in [7, 11) is 2.07. The molecule has 3 heteroatoms. The zero-order chi connectivity index (χ0) is 12.5. The zero-order valence-electron chi connectivity index (χ0n) is 10.1. The molecular formula is C15H13NOS. The van der Waals surface area contributed by atoms with Gasteiger partial charge in [0.15, 0.2) is 0 Å². The van der Waals surface area contributed by atoms with Crippen molar-refractivity contribution >= 4 is 29.4 Å². The number of para-hydroxylation sites is 1. The van der Waals surface area contributed by atoms with Crippen LogP contribution in [-0.4, -0.2) is 13.3 Å². The van der Waals surface area contributed by atoms with Gasteiger partial charge in [-0.15, -0.1) is 0 Å². The van der Waals surface area contributed by atoms with Gasteiger partial charge in [0, 0.05) is 23.3 Å². The van der Waals surface area contributed by atoms with E-state index in [4.69, 9.17) is 0 Å². The molecule has 2 aromatic carbocycles. The summed E-state index contributed by atoms with van der Waals surface area (Å²) in [6, 6.07) is 14.6. The molecule has 0 amide bonds. The lowest BCUT2D eigenvalue weighted by atomic mass is 10.1. The first-order chi connectivity index (χ1) is 8.79. The average molecular weight is 255 g/mol. The summed E-state index contributed by atoms with van der Waals surface area (Å²) in [6.45, 7) is 0. The van der Waals surface area contributed by atoms with Crippen molar-refractivity contribution in [3.8, 4) is 0 Å². The molecule has 0 saturated carbocycles. The molecule has 0 aliphatic carbocycles. The van der Waals surface area contributed by atoms with Crippen LogP contribution in [-0.2, 0) is 11.2 Å². The Morgan fingerprint density at radius 3 is 2.72 bits per heavy atom. The van der Waals surface area contributed by atoms with Crippen LogP contribution in [0.25, 0.3) is 0 Å². The lowest BCUT2D eigenvalue weighted by Gasteiger charge is -2.29. The highest BCUT2D eigenvalue weighted by atomic mass is 32.2. The van der Waals surface area contributed by atoms with Crippen LogP contribution in [0.2, 0.25) is 0 Å². The van der Waals surface area contributed by atoms with E-state index in [1.54, 1.807) is 11.8 Å². The lowest BCUT2D eigenvalue weighted by Crippen LogP contribution is -2.14. The molecule has 0 radical (unpaired) electrons. The second-order valence-electron chi connectivity index (χ2n) is 4.30. The number of fused-ring (bicyclic) bond motifs is 2. The number of carbonyl (C=O) groups is 1. The van der Waals surface area contributed by atoms with E-state index in [2.05, 4.69) is 48.3 Å². The summed E-state index contributed by atoms with van der Waals surface area (Å²) in [5.41, 5.74) is 3.46. The third-order valence-electron chi connectivity index (χ3n) is 3.15.